The van der Waals surface area contributed by atoms with Crippen LogP contribution in [0.2, 0.25) is 5.02 Å². The van der Waals surface area contributed by atoms with E-state index in [-0.39, 0.29) is 5.91 Å². The van der Waals surface area contributed by atoms with Crippen LogP contribution >= 0.6 is 11.6 Å². The maximum absolute atomic E-state index is 12.0. The molecule has 24 heavy (non-hydrogen) atoms. The lowest BCUT2D eigenvalue weighted by atomic mass is 10.1. The monoisotopic (exact) mass is 346 g/mol. The smallest absolute Gasteiger partial charge is 0.341 e. The molecule has 0 heterocycles. The zero-order chi connectivity index (χ0) is 17.5. The first kappa shape index (κ1) is 17.5. The zero-order valence-corrected chi connectivity index (χ0v) is 13.6. The molecule has 0 saturated heterocycles. The van der Waals surface area contributed by atoms with Gasteiger partial charge in [-0.05, 0) is 61.0 Å². The molecule has 0 bridgehead atoms. The number of carbonyl (C=O) groups excluding carboxylic acids is 1. The van der Waals surface area contributed by atoms with Crippen molar-refractivity contribution in [2.24, 2.45) is 5.10 Å². The Kier molecular flexibility index (Phi) is 5.92. The number of amides is 1. The molecule has 0 unspecified atom stereocenters. The molecular formula is C17H15ClN2O4. The molecule has 0 aliphatic rings. The summed E-state index contributed by atoms with van der Waals surface area (Å²) in [4.78, 5) is 22.4. The average molecular weight is 347 g/mol. The zero-order valence-electron chi connectivity index (χ0n) is 12.8. The molecule has 0 saturated carbocycles. The molecule has 0 fully saturated rings. The van der Waals surface area contributed by atoms with E-state index in [1.807, 2.05) is 0 Å². The first-order valence-corrected chi connectivity index (χ1v) is 7.39. The van der Waals surface area contributed by atoms with Crippen LogP contribution in [0.5, 0.6) is 5.75 Å². The van der Waals surface area contributed by atoms with E-state index >= 15 is 0 Å². The average Bonchev–Trinajstić information content (AvgIpc) is 2.58. The fourth-order valence-electron chi connectivity index (χ4n) is 1.80. The Morgan fingerprint density at radius 2 is 1.67 bits per heavy atom. The summed E-state index contributed by atoms with van der Waals surface area (Å²) >= 11 is 5.77. The van der Waals surface area contributed by atoms with E-state index in [1.54, 1.807) is 55.5 Å². The van der Waals surface area contributed by atoms with E-state index in [1.165, 1.54) is 0 Å². The molecule has 2 N–H and O–H groups in total. The summed E-state index contributed by atoms with van der Waals surface area (Å²) in [6.45, 7) is 1.35. The van der Waals surface area contributed by atoms with Gasteiger partial charge in [0, 0.05) is 10.6 Å². The highest BCUT2D eigenvalue weighted by molar-refractivity contribution is 6.30. The number of benzene rings is 2. The second-order valence-electron chi connectivity index (χ2n) is 4.85. The van der Waals surface area contributed by atoms with Gasteiger partial charge >= 0.3 is 5.97 Å². The number of halogens is 1. The van der Waals surface area contributed by atoms with E-state index in [0.717, 1.165) is 5.56 Å². The van der Waals surface area contributed by atoms with Crippen LogP contribution in [0, 0.1) is 0 Å². The summed E-state index contributed by atoms with van der Waals surface area (Å²) in [5.74, 6) is -0.937. The van der Waals surface area contributed by atoms with Crippen molar-refractivity contribution in [3.63, 3.8) is 0 Å². The van der Waals surface area contributed by atoms with Crippen molar-refractivity contribution < 1.29 is 19.4 Å². The predicted octanol–water partition coefficient (Wildman–Crippen LogP) is 2.96. The predicted molar refractivity (Wildman–Crippen MR) is 90.7 cm³/mol. The number of aliphatic carboxylic acids is 1. The third kappa shape index (κ3) is 5.10. The van der Waals surface area contributed by atoms with Gasteiger partial charge in [0.2, 0.25) is 0 Å². The summed E-state index contributed by atoms with van der Waals surface area (Å²) in [5.41, 5.74) is 4.29. The third-order valence-electron chi connectivity index (χ3n) is 3.07. The molecule has 0 aliphatic carbocycles. The third-order valence-corrected chi connectivity index (χ3v) is 3.32. The summed E-state index contributed by atoms with van der Waals surface area (Å²) in [7, 11) is 0. The van der Waals surface area contributed by atoms with Crippen LogP contribution in [0.4, 0.5) is 0 Å². The highest BCUT2D eigenvalue weighted by Gasteiger charge is 2.05. The number of carboxylic acids is 1. The standard InChI is InChI=1S/C17H15ClN2O4/c1-11(12-4-8-15(9-5-12)24-10-16(21)22)19-20-17(23)13-2-6-14(18)7-3-13/h2-9H,10H2,1H3,(H,20,23)(H,21,22)/b19-11-. The van der Waals surface area contributed by atoms with Gasteiger partial charge < -0.3 is 9.84 Å². The Balaban J connectivity index is 1.98. The van der Waals surface area contributed by atoms with Crippen molar-refractivity contribution in [3.8, 4) is 5.75 Å². The highest BCUT2D eigenvalue weighted by atomic mass is 35.5. The van der Waals surface area contributed by atoms with Gasteiger partial charge in [-0.3, -0.25) is 4.79 Å². The van der Waals surface area contributed by atoms with Gasteiger partial charge in [0.05, 0.1) is 5.71 Å². The second kappa shape index (κ2) is 8.12. The Bertz CT molecular complexity index is 755. The maximum Gasteiger partial charge on any atom is 0.341 e. The van der Waals surface area contributed by atoms with Crippen LogP contribution in [0.1, 0.15) is 22.8 Å². The minimum Gasteiger partial charge on any atom is -0.482 e. The molecule has 7 heteroatoms. The maximum atomic E-state index is 12.0. The molecule has 2 aromatic rings. The number of carbonyl (C=O) groups is 2. The fraction of sp³-hybridized carbons (Fsp3) is 0.118. The molecule has 2 rings (SSSR count). The molecule has 124 valence electrons. The molecule has 1 amide bonds. The van der Waals surface area contributed by atoms with Crippen LogP contribution < -0.4 is 10.2 Å². The van der Waals surface area contributed by atoms with Crippen LogP contribution in [0.15, 0.2) is 53.6 Å². The number of hydrogen-bond acceptors (Lipinski definition) is 4. The van der Waals surface area contributed by atoms with Gasteiger partial charge in [0.25, 0.3) is 5.91 Å². The molecule has 0 atom stereocenters. The van der Waals surface area contributed by atoms with Gasteiger partial charge in [0.15, 0.2) is 6.61 Å². The fourth-order valence-corrected chi connectivity index (χ4v) is 1.93. The SMILES string of the molecule is C/C(=N/NC(=O)c1ccc(Cl)cc1)c1ccc(OCC(=O)O)cc1. The molecule has 0 radical (unpaired) electrons. The Morgan fingerprint density at radius 1 is 1.08 bits per heavy atom. The first-order valence-electron chi connectivity index (χ1n) is 7.01. The molecule has 2 aromatic carbocycles. The van der Waals surface area contributed by atoms with Crippen molar-refractivity contribution >= 4 is 29.2 Å². The Hall–Kier alpha value is -2.86. The lowest BCUT2D eigenvalue weighted by Crippen LogP contribution is -2.19. The second-order valence-corrected chi connectivity index (χ2v) is 5.29. The van der Waals surface area contributed by atoms with E-state index in [2.05, 4.69) is 10.5 Å². The van der Waals surface area contributed by atoms with Gasteiger partial charge in [-0.1, -0.05) is 11.6 Å². The van der Waals surface area contributed by atoms with Crippen LogP contribution in [-0.4, -0.2) is 29.3 Å². The minimum absolute atomic E-state index is 0.340. The van der Waals surface area contributed by atoms with Gasteiger partial charge in [-0.15, -0.1) is 0 Å². The lowest BCUT2D eigenvalue weighted by Gasteiger charge is -2.06. The van der Waals surface area contributed by atoms with Gasteiger partial charge in [-0.25, -0.2) is 10.2 Å². The minimum atomic E-state index is -1.04. The molecule has 0 aliphatic heterocycles. The van der Waals surface area contributed by atoms with E-state index < -0.39 is 12.6 Å². The number of rotatable bonds is 6. The van der Waals surface area contributed by atoms with Crippen molar-refractivity contribution in [1.82, 2.24) is 5.43 Å². The van der Waals surface area contributed by atoms with Crippen molar-refractivity contribution in [2.45, 2.75) is 6.92 Å². The number of ether oxygens (including phenoxy) is 1. The summed E-state index contributed by atoms with van der Waals surface area (Å²) in [6.07, 6.45) is 0. The number of carboxylic acid groups (broad SMARTS) is 1. The van der Waals surface area contributed by atoms with Crippen molar-refractivity contribution in [3.05, 3.63) is 64.7 Å². The largest absolute Gasteiger partial charge is 0.482 e. The summed E-state index contributed by atoms with van der Waals surface area (Å²) in [6, 6.07) is 13.2. The number of hydrogen-bond donors (Lipinski definition) is 2. The summed E-state index contributed by atoms with van der Waals surface area (Å²) in [5, 5.41) is 13.2. The number of hydrazone groups is 1. The topological polar surface area (TPSA) is 88.0 Å². The van der Waals surface area contributed by atoms with Gasteiger partial charge in [0.1, 0.15) is 5.75 Å². The molecule has 0 spiro atoms. The van der Waals surface area contributed by atoms with Gasteiger partial charge in [-0.2, -0.15) is 5.10 Å². The van der Waals surface area contributed by atoms with Crippen LogP contribution in [0.3, 0.4) is 0 Å². The summed E-state index contributed by atoms with van der Waals surface area (Å²) < 4.78 is 5.05. The van der Waals surface area contributed by atoms with Crippen LogP contribution in [0.25, 0.3) is 0 Å². The lowest BCUT2D eigenvalue weighted by molar-refractivity contribution is -0.139. The molecule has 0 aromatic heterocycles. The van der Waals surface area contributed by atoms with E-state index in [4.69, 9.17) is 21.4 Å². The van der Waals surface area contributed by atoms with E-state index in [0.29, 0.717) is 22.0 Å². The highest BCUT2D eigenvalue weighted by Crippen LogP contribution is 2.13. The van der Waals surface area contributed by atoms with E-state index in [9.17, 15) is 9.59 Å². The number of nitrogens with one attached hydrogen (secondary N) is 1. The Morgan fingerprint density at radius 3 is 2.25 bits per heavy atom. The number of nitrogens with zero attached hydrogens (tertiary/aromatic N) is 1. The molecular weight excluding hydrogens is 332 g/mol. The Labute approximate surface area is 143 Å². The van der Waals surface area contributed by atoms with Crippen molar-refractivity contribution in [2.75, 3.05) is 6.61 Å². The normalized spacial score (nSPS) is 11.0. The molecule has 6 nitrogen and oxygen atoms in total. The van der Waals surface area contributed by atoms with Crippen molar-refractivity contribution in [1.29, 1.82) is 0 Å². The first-order chi connectivity index (χ1) is 11.5. The quantitative estimate of drug-likeness (QED) is 0.621. The van der Waals surface area contributed by atoms with Crippen LogP contribution in [-0.2, 0) is 4.79 Å².